The molecule has 0 bridgehead atoms. The number of amides is 1. The summed E-state index contributed by atoms with van der Waals surface area (Å²) in [4.78, 5) is 14.9. The van der Waals surface area contributed by atoms with E-state index in [1.165, 1.54) is 5.56 Å². The second-order valence-electron chi connectivity index (χ2n) is 6.93. The average molecular weight is 340 g/mol. The van der Waals surface area contributed by atoms with E-state index < -0.39 is 0 Å². The van der Waals surface area contributed by atoms with Crippen molar-refractivity contribution in [1.29, 1.82) is 0 Å². The molecule has 1 aliphatic carbocycles. The molecule has 2 heterocycles. The van der Waals surface area contributed by atoms with E-state index in [4.69, 9.17) is 9.26 Å². The number of nitrogens with zero attached hydrogens (tertiary/aromatic N) is 2. The maximum atomic E-state index is 13.0. The normalized spacial score (nSPS) is 23.2. The van der Waals surface area contributed by atoms with Crippen molar-refractivity contribution in [3.05, 3.63) is 53.4 Å². The first-order chi connectivity index (χ1) is 12.3. The van der Waals surface area contributed by atoms with Crippen molar-refractivity contribution in [1.82, 2.24) is 10.1 Å². The fraction of sp³-hybridized carbons (Fsp3) is 0.500. The topological polar surface area (TPSA) is 55.6 Å². The smallest absolute Gasteiger partial charge is 0.276 e. The fourth-order valence-corrected chi connectivity index (χ4v) is 3.68. The number of carbonyl (C=O) groups excluding carboxylic acids is 1. The summed E-state index contributed by atoms with van der Waals surface area (Å²) in [7, 11) is 0. The van der Waals surface area contributed by atoms with Gasteiger partial charge in [-0.25, -0.2) is 0 Å². The number of aromatic nitrogens is 1. The van der Waals surface area contributed by atoms with E-state index in [2.05, 4.69) is 17.3 Å². The summed E-state index contributed by atoms with van der Waals surface area (Å²) in [6, 6.07) is 12.1. The Balaban J connectivity index is 1.53. The van der Waals surface area contributed by atoms with Crippen LogP contribution in [0.25, 0.3) is 0 Å². The van der Waals surface area contributed by atoms with Gasteiger partial charge in [0.15, 0.2) is 5.69 Å². The van der Waals surface area contributed by atoms with Crippen LogP contribution in [0.5, 0.6) is 0 Å². The lowest BCUT2D eigenvalue weighted by Crippen LogP contribution is -2.42. The molecule has 0 spiro atoms. The largest absolute Gasteiger partial charge is 0.376 e. The molecule has 0 radical (unpaired) electrons. The van der Waals surface area contributed by atoms with Gasteiger partial charge in [0.05, 0.1) is 12.1 Å². The van der Waals surface area contributed by atoms with Crippen LogP contribution >= 0.6 is 0 Å². The van der Waals surface area contributed by atoms with Gasteiger partial charge in [0.25, 0.3) is 5.91 Å². The molecule has 1 amide bonds. The summed E-state index contributed by atoms with van der Waals surface area (Å²) in [5.41, 5.74) is 1.65. The highest BCUT2D eigenvalue weighted by molar-refractivity contribution is 5.92. The summed E-state index contributed by atoms with van der Waals surface area (Å²) in [6.07, 6.45) is 4.00. The first-order valence-electron chi connectivity index (χ1n) is 9.19. The molecule has 132 valence electrons. The molecular weight excluding hydrogens is 316 g/mol. The van der Waals surface area contributed by atoms with E-state index in [1.807, 2.05) is 36.1 Å². The zero-order valence-electron chi connectivity index (χ0n) is 14.6. The number of carbonyl (C=O) groups is 1. The lowest BCUT2D eigenvalue weighted by molar-refractivity contribution is 0.0308. The molecule has 1 aromatic carbocycles. The SMILES string of the molecule is CCO[C@H]1CCN(C(=O)c2cc(C3CC3)on2)[C@H]1Cc1ccccc1. The van der Waals surface area contributed by atoms with E-state index in [9.17, 15) is 4.79 Å². The van der Waals surface area contributed by atoms with E-state index in [1.54, 1.807) is 0 Å². The highest BCUT2D eigenvalue weighted by atomic mass is 16.5. The molecule has 1 aromatic heterocycles. The third-order valence-corrected chi connectivity index (χ3v) is 5.14. The molecule has 2 atom stereocenters. The number of rotatable bonds is 6. The van der Waals surface area contributed by atoms with Gasteiger partial charge in [-0.05, 0) is 38.2 Å². The van der Waals surface area contributed by atoms with Gasteiger partial charge in [-0.2, -0.15) is 0 Å². The molecule has 0 unspecified atom stereocenters. The molecule has 1 saturated carbocycles. The molecule has 1 saturated heterocycles. The minimum absolute atomic E-state index is 0.0379. The van der Waals surface area contributed by atoms with E-state index in [-0.39, 0.29) is 18.1 Å². The minimum Gasteiger partial charge on any atom is -0.376 e. The van der Waals surface area contributed by atoms with Crippen molar-refractivity contribution in [2.75, 3.05) is 13.2 Å². The predicted octanol–water partition coefficient (Wildman–Crippen LogP) is 3.41. The van der Waals surface area contributed by atoms with E-state index in [0.29, 0.717) is 24.8 Å². The Labute approximate surface area is 147 Å². The molecule has 5 heteroatoms. The van der Waals surface area contributed by atoms with Gasteiger partial charge in [0, 0.05) is 25.1 Å². The summed E-state index contributed by atoms with van der Waals surface area (Å²) in [5, 5.41) is 4.03. The van der Waals surface area contributed by atoms with Crippen LogP contribution in [-0.2, 0) is 11.2 Å². The van der Waals surface area contributed by atoms with Crippen molar-refractivity contribution in [2.24, 2.45) is 0 Å². The molecule has 2 aliphatic rings. The number of likely N-dealkylation sites (tertiary alicyclic amines) is 1. The molecule has 4 rings (SSSR count). The quantitative estimate of drug-likeness (QED) is 0.808. The van der Waals surface area contributed by atoms with Crippen LogP contribution in [0.15, 0.2) is 40.9 Å². The van der Waals surface area contributed by atoms with Crippen molar-refractivity contribution in [3.63, 3.8) is 0 Å². The van der Waals surface area contributed by atoms with Gasteiger partial charge >= 0.3 is 0 Å². The second-order valence-corrected chi connectivity index (χ2v) is 6.93. The molecular formula is C20H24N2O3. The monoisotopic (exact) mass is 340 g/mol. The van der Waals surface area contributed by atoms with Crippen molar-refractivity contribution >= 4 is 5.91 Å². The Morgan fingerprint density at radius 2 is 2.08 bits per heavy atom. The van der Waals surface area contributed by atoms with Crippen LogP contribution in [-0.4, -0.2) is 41.3 Å². The Bertz CT molecular complexity index is 724. The third-order valence-electron chi connectivity index (χ3n) is 5.14. The van der Waals surface area contributed by atoms with Gasteiger partial charge in [0.2, 0.25) is 0 Å². The van der Waals surface area contributed by atoms with Crippen LogP contribution in [0.2, 0.25) is 0 Å². The van der Waals surface area contributed by atoms with Gasteiger partial charge in [-0.3, -0.25) is 4.79 Å². The van der Waals surface area contributed by atoms with Gasteiger partial charge in [0.1, 0.15) is 5.76 Å². The van der Waals surface area contributed by atoms with Crippen molar-refractivity contribution in [2.45, 2.75) is 50.7 Å². The molecule has 2 fully saturated rings. The summed E-state index contributed by atoms with van der Waals surface area (Å²) >= 11 is 0. The molecule has 2 aromatic rings. The minimum atomic E-state index is -0.0428. The third kappa shape index (κ3) is 3.47. The van der Waals surface area contributed by atoms with Gasteiger partial charge < -0.3 is 14.2 Å². The number of ether oxygens (including phenoxy) is 1. The number of benzene rings is 1. The lowest BCUT2D eigenvalue weighted by atomic mass is 10.0. The predicted molar refractivity (Wildman–Crippen MR) is 93.5 cm³/mol. The molecule has 1 aliphatic heterocycles. The van der Waals surface area contributed by atoms with Crippen LogP contribution in [0, 0.1) is 0 Å². The summed E-state index contributed by atoms with van der Waals surface area (Å²) < 4.78 is 11.3. The number of hydrogen-bond acceptors (Lipinski definition) is 4. The molecule has 5 nitrogen and oxygen atoms in total. The Kier molecular flexibility index (Phi) is 4.57. The highest BCUT2D eigenvalue weighted by Crippen LogP contribution is 2.40. The van der Waals surface area contributed by atoms with Crippen LogP contribution in [0.1, 0.15) is 53.9 Å². The maximum absolute atomic E-state index is 13.0. The van der Waals surface area contributed by atoms with E-state index in [0.717, 1.165) is 31.4 Å². The molecule has 25 heavy (non-hydrogen) atoms. The van der Waals surface area contributed by atoms with Gasteiger partial charge in [-0.15, -0.1) is 0 Å². The second kappa shape index (κ2) is 7.00. The lowest BCUT2D eigenvalue weighted by Gasteiger charge is -2.27. The Morgan fingerprint density at radius 1 is 1.28 bits per heavy atom. The summed E-state index contributed by atoms with van der Waals surface area (Å²) in [5.74, 6) is 1.27. The van der Waals surface area contributed by atoms with Crippen LogP contribution in [0.3, 0.4) is 0 Å². The van der Waals surface area contributed by atoms with Crippen LogP contribution < -0.4 is 0 Å². The van der Waals surface area contributed by atoms with Crippen molar-refractivity contribution in [3.8, 4) is 0 Å². The Hall–Kier alpha value is -2.14. The van der Waals surface area contributed by atoms with Crippen molar-refractivity contribution < 1.29 is 14.1 Å². The van der Waals surface area contributed by atoms with E-state index >= 15 is 0 Å². The summed E-state index contributed by atoms with van der Waals surface area (Å²) in [6.45, 7) is 3.37. The zero-order valence-corrected chi connectivity index (χ0v) is 14.6. The first-order valence-corrected chi connectivity index (χ1v) is 9.19. The zero-order chi connectivity index (χ0) is 17.2. The standard InChI is InChI=1S/C20H24N2O3/c1-2-24-18-10-11-22(17(18)12-14-6-4-3-5-7-14)20(23)16-13-19(25-21-16)15-8-9-15/h3-7,13,15,17-18H,2,8-12H2,1H3/t17-,18-/m0/s1. The number of hydrogen-bond donors (Lipinski definition) is 0. The first kappa shape index (κ1) is 16.3. The molecule has 0 N–H and O–H groups in total. The highest BCUT2D eigenvalue weighted by Gasteiger charge is 2.39. The Morgan fingerprint density at radius 3 is 2.80 bits per heavy atom. The van der Waals surface area contributed by atoms with Crippen LogP contribution in [0.4, 0.5) is 0 Å². The van der Waals surface area contributed by atoms with Gasteiger partial charge in [-0.1, -0.05) is 35.5 Å². The average Bonchev–Trinajstić information content (AvgIpc) is 3.24. The maximum Gasteiger partial charge on any atom is 0.276 e. The fourth-order valence-electron chi connectivity index (χ4n) is 3.68.